The second-order valence-corrected chi connectivity index (χ2v) is 7.39. The molecule has 2 amide bonds. The molecule has 0 unspecified atom stereocenters. The number of carbonyl (C=O) groups excluding carboxylic acids is 2. The molecule has 5 rings (SSSR count). The van der Waals surface area contributed by atoms with E-state index in [1.807, 2.05) is 54.6 Å². The van der Waals surface area contributed by atoms with E-state index in [9.17, 15) is 14.0 Å². The molecule has 0 aromatic heterocycles. The Balaban J connectivity index is 1.61. The minimum Gasteiger partial charge on any atom is -0.496 e. The summed E-state index contributed by atoms with van der Waals surface area (Å²) in [5.74, 6) is -1.50. The van der Waals surface area contributed by atoms with Gasteiger partial charge in [0.1, 0.15) is 17.5 Å². The van der Waals surface area contributed by atoms with Gasteiger partial charge in [-0.25, -0.2) is 14.4 Å². The van der Waals surface area contributed by atoms with E-state index in [4.69, 9.17) is 9.57 Å². The standard InChI is InChI=1S/C24H19FN2O4/c1-30-19-10-6-5-9-18(19)21-20-22(31-27(21)17-7-3-2-4-8-17)24(29)26(23(20)28)16-13-11-15(25)12-14-16/h2-14,20-22H,1H3/t20-,21+,22+/m1/s1. The molecule has 3 aromatic carbocycles. The van der Waals surface area contributed by atoms with Gasteiger partial charge in [-0.05, 0) is 42.5 Å². The summed E-state index contributed by atoms with van der Waals surface area (Å²) in [6.45, 7) is 0. The summed E-state index contributed by atoms with van der Waals surface area (Å²) in [5.41, 5.74) is 1.78. The zero-order valence-corrected chi connectivity index (χ0v) is 16.6. The summed E-state index contributed by atoms with van der Waals surface area (Å²) in [6, 6.07) is 21.4. The zero-order chi connectivity index (χ0) is 21.5. The van der Waals surface area contributed by atoms with Crippen LogP contribution in [0.2, 0.25) is 0 Å². The fourth-order valence-corrected chi connectivity index (χ4v) is 4.28. The number of anilines is 2. The number of hydrogen-bond donors (Lipinski definition) is 0. The molecule has 0 radical (unpaired) electrons. The molecule has 2 fully saturated rings. The molecule has 156 valence electrons. The summed E-state index contributed by atoms with van der Waals surface area (Å²) in [6.07, 6.45) is -0.993. The molecule has 0 saturated carbocycles. The van der Waals surface area contributed by atoms with Crippen molar-refractivity contribution in [2.75, 3.05) is 17.1 Å². The quantitative estimate of drug-likeness (QED) is 0.602. The van der Waals surface area contributed by atoms with Crippen LogP contribution in [0.4, 0.5) is 15.8 Å². The second kappa shape index (κ2) is 7.52. The predicted molar refractivity (Wildman–Crippen MR) is 112 cm³/mol. The van der Waals surface area contributed by atoms with Gasteiger partial charge in [0.15, 0.2) is 6.10 Å². The molecule has 2 aliphatic rings. The predicted octanol–water partition coefficient (Wildman–Crippen LogP) is 3.89. The van der Waals surface area contributed by atoms with Crippen molar-refractivity contribution in [3.63, 3.8) is 0 Å². The van der Waals surface area contributed by atoms with E-state index in [2.05, 4.69) is 0 Å². The van der Waals surface area contributed by atoms with Gasteiger partial charge in [0, 0.05) is 5.56 Å². The Bertz CT molecular complexity index is 1140. The van der Waals surface area contributed by atoms with Crippen LogP contribution in [0.1, 0.15) is 11.6 Å². The van der Waals surface area contributed by atoms with Crippen LogP contribution in [-0.4, -0.2) is 25.0 Å². The molecule has 2 aliphatic heterocycles. The van der Waals surface area contributed by atoms with Crippen LogP contribution in [0, 0.1) is 11.7 Å². The summed E-state index contributed by atoms with van der Waals surface area (Å²) in [4.78, 5) is 33.9. The first kappa shape index (κ1) is 19.3. The van der Waals surface area contributed by atoms with Gasteiger partial charge >= 0.3 is 0 Å². The van der Waals surface area contributed by atoms with E-state index in [0.29, 0.717) is 11.4 Å². The molecule has 0 N–H and O–H groups in total. The molecule has 2 heterocycles. The summed E-state index contributed by atoms with van der Waals surface area (Å²) in [7, 11) is 1.56. The number of halogens is 1. The van der Waals surface area contributed by atoms with Crippen LogP contribution >= 0.6 is 0 Å². The van der Waals surface area contributed by atoms with E-state index in [1.54, 1.807) is 12.2 Å². The molecule has 0 spiro atoms. The first-order valence-corrected chi connectivity index (χ1v) is 9.87. The van der Waals surface area contributed by atoms with E-state index >= 15 is 0 Å². The Kier molecular flexibility index (Phi) is 4.67. The Hall–Kier alpha value is -3.71. The second-order valence-electron chi connectivity index (χ2n) is 7.39. The molecule has 7 heteroatoms. The van der Waals surface area contributed by atoms with Gasteiger partial charge in [0.25, 0.3) is 5.91 Å². The Labute approximate surface area is 178 Å². The highest BCUT2D eigenvalue weighted by Crippen LogP contribution is 2.49. The number of carbonyl (C=O) groups is 2. The monoisotopic (exact) mass is 418 g/mol. The van der Waals surface area contributed by atoms with Crippen molar-refractivity contribution in [3.05, 3.63) is 90.2 Å². The lowest BCUT2D eigenvalue weighted by molar-refractivity contribution is -0.126. The topological polar surface area (TPSA) is 59.1 Å². The number of imide groups is 1. The van der Waals surface area contributed by atoms with Gasteiger partial charge in [0.05, 0.1) is 24.5 Å². The minimum absolute atomic E-state index is 0.319. The van der Waals surface area contributed by atoms with Crippen molar-refractivity contribution < 1.29 is 23.6 Å². The maximum absolute atomic E-state index is 13.5. The third kappa shape index (κ3) is 3.05. The van der Waals surface area contributed by atoms with Crippen molar-refractivity contribution in [2.45, 2.75) is 12.1 Å². The number of fused-ring (bicyclic) bond motifs is 1. The van der Waals surface area contributed by atoms with Gasteiger partial charge in [-0.3, -0.25) is 14.4 Å². The molecular formula is C24H19FN2O4. The zero-order valence-electron chi connectivity index (χ0n) is 16.6. The maximum atomic E-state index is 13.5. The first-order chi connectivity index (χ1) is 15.1. The maximum Gasteiger partial charge on any atom is 0.266 e. The average molecular weight is 418 g/mol. The summed E-state index contributed by atoms with van der Waals surface area (Å²) < 4.78 is 18.9. The molecule has 31 heavy (non-hydrogen) atoms. The number of rotatable bonds is 4. The lowest BCUT2D eigenvalue weighted by Gasteiger charge is -2.29. The van der Waals surface area contributed by atoms with Gasteiger partial charge in [-0.1, -0.05) is 36.4 Å². The number of benzene rings is 3. The molecule has 3 atom stereocenters. The van der Waals surface area contributed by atoms with Crippen LogP contribution < -0.4 is 14.7 Å². The van der Waals surface area contributed by atoms with E-state index in [0.717, 1.165) is 16.2 Å². The number of methoxy groups -OCH3 is 1. The highest BCUT2D eigenvalue weighted by Gasteiger charge is 2.60. The molecule has 0 bridgehead atoms. The Morgan fingerprint density at radius 2 is 1.52 bits per heavy atom. The number of para-hydroxylation sites is 2. The minimum atomic E-state index is -0.993. The van der Waals surface area contributed by atoms with Crippen molar-refractivity contribution in [1.29, 1.82) is 0 Å². The van der Waals surface area contributed by atoms with Crippen molar-refractivity contribution in [3.8, 4) is 5.75 Å². The first-order valence-electron chi connectivity index (χ1n) is 9.87. The van der Waals surface area contributed by atoms with Gasteiger partial charge in [-0.2, -0.15) is 0 Å². The van der Waals surface area contributed by atoms with Gasteiger partial charge in [-0.15, -0.1) is 0 Å². The lowest BCUT2D eigenvalue weighted by atomic mass is 9.90. The molecular weight excluding hydrogens is 399 g/mol. The van der Waals surface area contributed by atoms with Crippen LogP contribution in [0.15, 0.2) is 78.9 Å². The summed E-state index contributed by atoms with van der Waals surface area (Å²) >= 11 is 0. The smallest absolute Gasteiger partial charge is 0.266 e. The molecule has 6 nitrogen and oxygen atoms in total. The number of nitrogens with zero attached hydrogens (tertiary/aromatic N) is 2. The van der Waals surface area contributed by atoms with Crippen molar-refractivity contribution in [1.82, 2.24) is 0 Å². The lowest BCUT2D eigenvalue weighted by Crippen LogP contribution is -2.37. The number of hydrogen-bond acceptors (Lipinski definition) is 5. The van der Waals surface area contributed by atoms with Crippen LogP contribution in [0.25, 0.3) is 0 Å². The molecule has 3 aromatic rings. The largest absolute Gasteiger partial charge is 0.496 e. The number of ether oxygens (including phenoxy) is 1. The SMILES string of the molecule is COc1ccccc1[C@H]1[C@H]2C(=O)N(c3ccc(F)cc3)C(=O)[C@H]2ON1c1ccccc1. The van der Waals surface area contributed by atoms with Crippen LogP contribution in [-0.2, 0) is 14.4 Å². The third-order valence-electron chi connectivity index (χ3n) is 5.67. The number of amides is 2. The van der Waals surface area contributed by atoms with Crippen molar-refractivity contribution >= 4 is 23.2 Å². The molecule has 2 saturated heterocycles. The average Bonchev–Trinajstić information content (AvgIpc) is 3.31. The number of hydroxylamine groups is 1. The fraction of sp³-hybridized carbons (Fsp3) is 0.167. The van der Waals surface area contributed by atoms with Crippen LogP contribution in [0.5, 0.6) is 5.75 Å². The van der Waals surface area contributed by atoms with E-state index < -0.39 is 35.7 Å². The Morgan fingerprint density at radius 1 is 0.839 bits per heavy atom. The third-order valence-corrected chi connectivity index (χ3v) is 5.67. The Morgan fingerprint density at radius 3 is 2.23 bits per heavy atom. The van der Waals surface area contributed by atoms with Gasteiger partial charge in [0.2, 0.25) is 5.91 Å². The van der Waals surface area contributed by atoms with E-state index in [-0.39, 0.29) is 0 Å². The van der Waals surface area contributed by atoms with Gasteiger partial charge < -0.3 is 4.74 Å². The van der Waals surface area contributed by atoms with Crippen molar-refractivity contribution in [2.24, 2.45) is 5.92 Å². The molecule has 0 aliphatic carbocycles. The fourth-order valence-electron chi connectivity index (χ4n) is 4.28. The summed E-state index contributed by atoms with van der Waals surface area (Å²) in [5, 5.41) is 1.62. The highest BCUT2D eigenvalue weighted by molar-refractivity contribution is 6.23. The highest BCUT2D eigenvalue weighted by atomic mass is 19.1. The van der Waals surface area contributed by atoms with E-state index in [1.165, 1.54) is 24.3 Å². The normalized spacial score (nSPS) is 22.7. The van der Waals surface area contributed by atoms with Crippen LogP contribution in [0.3, 0.4) is 0 Å².